The Morgan fingerprint density at radius 3 is 2.20 bits per heavy atom. The van der Waals surface area contributed by atoms with Gasteiger partial charge in [0.25, 0.3) is 0 Å². The minimum Gasteiger partial charge on any atom is -0.493 e. The second kappa shape index (κ2) is 8.76. The summed E-state index contributed by atoms with van der Waals surface area (Å²) in [6.45, 7) is 1.95. The van der Waals surface area contributed by atoms with Crippen molar-refractivity contribution in [3.63, 3.8) is 0 Å². The van der Waals surface area contributed by atoms with E-state index in [0.29, 0.717) is 17.2 Å². The van der Waals surface area contributed by atoms with E-state index < -0.39 is 0 Å². The predicted molar refractivity (Wildman–Crippen MR) is 101 cm³/mol. The third-order valence-electron chi connectivity index (χ3n) is 3.88. The van der Waals surface area contributed by atoms with Gasteiger partial charge in [0.2, 0.25) is 11.7 Å². The van der Waals surface area contributed by atoms with Crippen molar-refractivity contribution in [3.8, 4) is 17.2 Å². The lowest BCUT2D eigenvalue weighted by Gasteiger charge is -2.17. The highest BCUT2D eigenvalue weighted by molar-refractivity contribution is 9.10. The topological polar surface area (TPSA) is 56.8 Å². The lowest BCUT2D eigenvalue weighted by Crippen LogP contribution is -2.28. The van der Waals surface area contributed by atoms with Crippen LogP contribution >= 0.6 is 15.9 Å². The van der Waals surface area contributed by atoms with Crippen molar-refractivity contribution in [2.45, 2.75) is 19.4 Å². The van der Waals surface area contributed by atoms with Crippen LogP contribution in [-0.4, -0.2) is 27.2 Å². The Balaban J connectivity index is 2.13. The molecule has 0 heterocycles. The average Bonchev–Trinajstić information content (AvgIpc) is 2.61. The summed E-state index contributed by atoms with van der Waals surface area (Å²) in [5, 5.41) is 3.00. The van der Waals surface area contributed by atoms with Crippen LogP contribution in [-0.2, 0) is 11.2 Å². The molecule has 0 saturated heterocycles. The van der Waals surface area contributed by atoms with Gasteiger partial charge in [0.15, 0.2) is 11.5 Å². The van der Waals surface area contributed by atoms with Gasteiger partial charge in [-0.1, -0.05) is 34.1 Å². The summed E-state index contributed by atoms with van der Waals surface area (Å²) in [5.41, 5.74) is 1.77. The lowest BCUT2D eigenvalue weighted by atomic mass is 10.1. The molecule has 1 N–H and O–H groups in total. The number of ether oxygens (including phenoxy) is 3. The number of hydrogen-bond acceptors (Lipinski definition) is 4. The predicted octanol–water partition coefficient (Wildman–Crippen LogP) is 3.89. The van der Waals surface area contributed by atoms with Crippen LogP contribution < -0.4 is 19.5 Å². The van der Waals surface area contributed by atoms with Crippen LogP contribution in [0.5, 0.6) is 17.2 Å². The fraction of sp³-hybridized carbons (Fsp3) is 0.316. The van der Waals surface area contributed by atoms with Crippen LogP contribution in [0, 0.1) is 0 Å². The number of amides is 1. The van der Waals surface area contributed by atoms with Gasteiger partial charge in [0.05, 0.1) is 33.8 Å². The van der Waals surface area contributed by atoms with Crippen molar-refractivity contribution < 1.29 is 19.0 Å². The molecule has 1 amide bonds. The van der Waals surface area contributed by atoms with Crippen molar-refractivity contribution in [2.75, 3.05) is 21.3 Å². The van der Waals surface area contributed by atoms with Crippen LogP contribution in [0.3, 0.4) is 0 Å². The van der Waals surface area contributed by atoms with E-state index in [0.717, 1.165) is 15.6 Å². The maximum Gasteiger partial charge on any atom is 0.225 e. The molecule has 0 bridgehead atoms. The average molecular weight is 408 g/mol. The molecular formula is C19H22BrNO4. The smallest absolute Gasteiger partial charge is 0.225 e. The number of carbonyl (C=O) groups excluding carboxylic acids is 1. The molecule has 2 rings (SSSR count). The first-order valence-electron chi connectivity index (χ1n) is 7.82. The normalized spacial score (nSPS) is 11.6. The Bertz CT molecular complexity index is 731. The van der Waals surface area contributed by atoms with E-state index in [2.05, 4.69) is 21.2 Å². The Kier molecular flexibility index (Phi) is 6.70. The van der Waals surface area contributed by atoms with Crippen LogP contribution in [0.4, 0.5) is 0 Å². The fourth-order valence-electron chi connectivity index (χ4n) is 2.60. The quantitative estimate of drug-likeness (QED) is 0.755. The van der Waals surface area contributed by atoms with Crippen LogP contribution in [0.15, 0.2) is 40.9 Å². The summed E-state index contributed by atoms with van der Waals surface area (Å²) in [5.74, 6) is 1.46. The second-order valence-corrected chi connectivity index (χ2v) is 6.43. The first kappa shape index (κ1) is 19.1. The Labute approximate surface area is 156 Å². The molecule has 1 unspecified atom stereocenters. The molecule has 0 aliphatic carbocycles. The zero-order valence-electron chi connectivity index (χ0n) is 14.8. The van der Waals surface area contributed by atoms with Crippen molar-refractivity contribution in [3.05, 3.63) is 52.0 Å². The van der Waals surface area contributed by atoms with Gasteiger partial charge in [-0.2, -0.15) is 0 Å². The molecule has 1 atom stereocenters. The van der Waals surface area contributed by atoms with Gasteiger partial charge in [-0.25, -0.2) is 0 Å². The molecule has 25 heavy (non-hydrogen) atoms. The Morgan fingerprint density at radius 2 is 1.64 bits per heavy atom. The number of nitrogens with one attached hydrogen (secondary N) is 1. The van der Waals surface area contributed by atoms with E-state index in [1.807, 2.05) is 37.3 Å². The van der Waals surface area contributed by atoms with E-state index in [9.17, 15) is 4.79 Å². The second-order valence-electron chi connectivity index (χ2n) is 5.51. The number of methoxy groups -OCH3 is 3. The minimum absolute atomic E-state index is 0.0910. The molecular weight excluding hydrogens is 386 g/mol. The monoisotopic (exact) mass is 407 g/mol. The van der Waals surface area contributed by atoms with Gasteiger partial charge in [0, 0.05) is 10.0 Å². The summed E-state index contributed by atoms with van der Waals surface area (Å²) in [7, 11) is 4.65. The molecule has 134 valence electrons. The van der Waals surface area contributed by atoms with Crippen molar-refractivity contribution in [1.29, 1.82) is 0 Å². The standard InChI is InChI=1S/C19H22BrNO4/c1-12(13-5-8-15(20)9-6-13)21-17(22)11-14-7-10-16(23-2)19(25-4)18(14)24-3/h5-10,12H,11H2,1-4H3,(H,21,22). The van der Waals surface area contributed by atoms with Gasteiger partial charge in [-0.15, -0.1) is 0 Å². The molecule has 0 aliphatic rings. The first-order valence-corrected chi connectivity index (χ1v) is 8.62. The molecule has 0 aromatic heterocycles. The first-order chi connectivity index (χ1) is 12.0. The van der Waals surface area contributed by atoms with Crippen molar-refractivity contribution >= 4 is 21.8 Å². The molecule has 5 nitrogen and oxygen atoms in total. The highest BCUT2D eigenvalue weighted by Crippen LogP contribution is 2.39. The third-order valence-corrected chi connectivity index (χ3v) is 4.41. The van der Waals surface area contributed by atoms with E-state index >= 15 is 0 Å². The molecule has 6 heteroatoms. The number of rotatable bonds is 7. The number of carbonyl (C=O) groups is 1. The maximum absolute atomic E-state index is 12.4. The van der Waals surface area contributed by atoms with Gasteiger partial charge < -0.3 is 19.5 Å². The molecule has 2 aromatic carbocycles. The summed E-state index contributed by atoms with van der Waals surface area (Å²) in [6, 6.07) is 11.3. The fourth-order valence-corrected chi connectivity index (χ4v) is 2.87. The van der Waals surface area contributed by atoms with E-state index in [1.54, 1.807) is 27.4 Å². The zero-order chi connectivity index (χ0) is 18.4. The summed E-state index contributed by atoms with van der Waals surface area (Å²) in [6.07, 6.45) is 0.185. The van der Waals surface area contributed by atoms with Gasteiger partial charge in [-0.3, -0.25) is 4.79 Å². The molecule has 0 fully saturated rings. The van der Waals surface area contributed by atoms with Gasteiger partial charge >= 0.3 is 0 Å². The Morgan fingerprint density at radius 1 is 1.00 bits per heavy atom. The minimum atomic E-state index is -0.0964. The third kappa shape index (κ3) is 4.66. The van der Waals surface area contributed by atoms with E-state index in [1.165, 1.54) is 0 Å². The van der Waals surface area contributed by atoms with Gasteiger partial charge in [0.1, 0.15) is 0 Å². The summed E-state index contributed by atoms with van der Waals surface area (Å²) in [4.78, 5) is 12.4. The van der Waals surface area contributed by atoms with E-state index in [-0.39, 0.29) is 18.4 Å². The summed E-state index contributed by atoms with van der Waals surface area (Å²) < 4.78 is 17.0. The van der Waals surface area contributed by atoms with Gasteiger partial charge in [-0.05, 0) is 30.7 Å². The molecule has 2 aromatic rings. The van der Waals surface area contributed by atoms with Crippen molar-refractivity contribution in [1.82, 2.24) is 5.32 Å². The van der Waals surface area contributed by atoms with Crippen LogP contribution in [0.2, 0.25) is 0 Å². The van der Waals surface area contributed by atoms with E-state index in [4.69, 9.17) is 14.2 Å². The molecule has 0 spiro atoms. The number of hydrogen-bond donors (Lipinski definition) is 1. The SMILES string of the molecule is COc1ccc(CC(=O)NC(C)c2ccc(Br)cc2)c(OC)c1OC. The molecule has 0 saturated carbocycles. The van der Waals surface area contributed by atoms with Crippen LogP contribution in [0.1, 0.15) is 24.1 Å². The molecule has 0 radical (unpaired) electrons. The zero-order valence-corrected chi connectivity index (χ0v) is 16.3. The Hall–Kier alpha value is -2.21. The highest BCUT2D eigenvalue weighted by Gasteiger charge is 2.18. The van der Waals surface area contributed by atoms with Crippen LogP contribution in [0.25, 0.3) is 0 Å². The lowest BCUT2D eigenvalue weighted by molar-refractivity contribution is -0.121. The number of halogens is 1. The molecule has 0 aliphatic heterocycles. The largest absolute Gasteiger partial charge is 0.493 e. The highest BCUT2D eigenvalue weighted by atomic mass is 79.9. The van der Waals surface area contributed by atoms with Crippen molar-refractivity contribution in [2.24, 2.45) is 0 Å². The number of benzene rings is 2. The summed E-state index contributed by atoms with van der Waals surface area (Å²) >= 11 is 3.41. The maximum atomic E-state index is 12.4.